The van der Waals surface area contributed by atoms with Gasteiger partial charge in [0.2, 0.25) is 0 Å². The molecule has 3 fully saturated rings. The van der Waals surface area contributed by atoms with Gasteiger partial charge in [-0.1, -0.05) is 0 Å². The summed E-state index contributed by atoms with van der Waals surface area (Å²) in [6, 6.07) is -0.0371. The summed E-state index contributed by atoms with van der Waals surface area (Å²) in [7, 11) is 0. The van der Waals surface area contributed by atoms with Crippen LogP contribution in [0.5, 0.6) is 0 Å². The summed E-state index contributed by atoms with van der Waals surface area (Å²) >= 11 is 0. The van der Waals surface area contributed by atoms with Crippen LogP contribution in [0.4, 0.5) is 0 Å². The zero-order valence-corrected chi connectivity index (χ0v) is 10.3. The van der Waals surface area contributed by atoms with Crippen LogP contribution in [0, 0.1) is 5.92 Å². The Kier molecular flexibility index (Phi) is 2.78. The maximum absolute atomic E-state index is 11.9. The number of aromatic carboxylic acids is 1. The van der Waals surface area contributed by atoms with Crippen molar-refractivity contribution in [1.29, 1.82) is 0 Å². The van der Waals surface area contributed by atoms with Gasteiger partial charge in [0.25, 0.3) is 5.56 Å². The Bertz CT molecular complexity index is 625. The second-order valence-electron chi connectivity index (χ2n) is 5.22. The van der Waals surface area contributed by atoms with Crippen molar-refractivity contribution in [3.8, 4) is 0 Å². The van der Waals surface area contributed by atoms with Gasteiger partial charge in [-0.25, -0.2) is 9.59 Å². The lowest BCUT2D eigenvalue weighted by Crippen LogP contribution is -2.51. The number of nitrogens with zero attached hydrogens (tertiary/aromatic N) is 2. The molecule has 3 aliphatic heterocycles. The molecule has 2 bridgehead atoms. The molecule has 7 nitrogen and oxygen atoms in total. The van der Waals surface area contributed by atoms with Crippen LogP contribution in [-0.2, 0) is 0 Å². The first kappa shape index (κ1) is 12.2. The third-order valence-corrected chi connectivity index (χ3v) is 4.18. The number of carboxylic acids is 1. The molecular weight excluding hydrogens is 250 g/mol. The van der Waals surface area contributed by atoms with Crippen LogP contribution in [0.2, 0.25) is 0 Å². The van der Waals surface area contributed by atoms with E-state index in [9.17, 15) is 14.4 Å². The Hall–Kier alpha value is -1.89. The van der Waals surface area contributed by atoms with Crippen molar-refractivity contribution in [1.82, 2.24) is 14.5 Å². The van der Waals surface area contributed by atoms with E-state index in [2.05, 4.69) is 9.88 Å². The summed E-state index contributed by atoms with van der Waals surface area (Å²) in [4.78, 5) is 38.6. The van der Waals surface area contributed by atoms with Crippen molar-refractivity contribution in [2.45, 2.75) is 18.9 Å². The first-order chi connectivity index (χ1) is 9.06. The lowest BCUT2D eigenvalue weighted by molar-refractivity contribution is 0.0539. The van der Waals surface area contributed by atoms with Gasteiger partial charge in [-0.3, -0.25) is 14.3 Å². The highest BCUT2D eigenvalue weighted by molar-refractivity contribution is 5.86. The molecule has 4 heterocycles. The number of hydrogen-bond donors (Lipinski definition) is 2. The molecule has 0 amide bonds. The molecule has 1 aromatic rings. The van der Waals surface area contributed by atoms with Gasteiger partial charge in [0.1, 0.15) is 5.56 Å². The lowest BCUT2D eigenvalue weighted by atomic mass is 9.84. The molecule has 0 saturated carbocycles. The Labute approximate surface area is 108 Å². The second-order valence-corrected chi connectivity index (χ2v) is 5.22. The number of rotatable bonds is 2. The van der Waals surface area contributed by atoms with E-state index in [0.717, 1.165) is 32.5 Å². The Morgan fingerprint density at radius 2 is 2.00 bits per heavy atom. The number of carboxylic acid groups (broad SMARTS) is 1. The van der Waals surface area contributed by atoms with Gasteiger partial charge in [0.15, 0.2) is 0 Å². The molecular formula is C12H15N3O4. The first-order valence-corrected chi connectivity index (χ1v) is 6.37. The molecule has 3 aliphatic rings. The Morgan fingerprint density at radius 1 is 1.32 bits per heavy atom. The van der Waals surface area contributed by atoms with Crippen molar-refractivity contribution in [3.63, 3.8) is 0 Å². The van der Waals surface area contributed by atoms with Crippen LogP contribution in [0.25, 0.3) is 0 Å². The van der Waals surface area contributed by atoms with Crippen molar-refractivity contribution < 1.29 is 9.90 Å². The maximum atomic E-state index is 11.9. The molecule has 0 aliphatic carbocycles. The third-order valence-electron chi connectivity index (χ3n) is 4.18. The number of piperidine rings is 3. The zero-order chi connectivity index (χ0) is 13.6. The zero-order valence-electron chi connectivity index (χ0n) is 10.3. The average molecular weight is 265 g/mol. The molecule has 4 rings (SSSR count). The van der Waals surface area contributed by atoms with Gasteiger partial charge < -0.3 is 10.0 Å². The van der Waals surface area contributed by atoms with Crippen LogP contribution in [0.3, 0.4) is 0 Å². The molecule has 19 heavy (non-hydrogen) atoms. The van der Waals surface area contributed by atoms with E-state index in [1.807, 2.05) is 0 Å². The van der Waals surface area contributed by atoms with Crippen molar-refractivity contribution in [2.24, 2.45) is 5.92 Å². The van der Waals surface area contributed by atoms with Gasteiger partial charge in [0.05, 0.1) is 6.04 Å². The minimum Gasteiger partial charge on any atom is -0.477 e. The fourth-order valence-corrected chi connectivity index (χ4v) is 3.13. The quantitative estimate of drug-likeness (QED) is 0.751. The Balaban J connectivity index is 2.05. The number of H-pyrrole nitrogens is 1. The number of fused-ring (bicyclic) bond motifs is 3. The minimum absolute atomic E-state index is 0.0371. The number of aromatic nitrogens is 2. The van der Waals surface area contributed by atoms with Gasteiger partial charge in [-0.2, -0.15) is 0 Å². The van der Waals surface area contributed by atoms with E-state index in [1.54, 1.807) is 0 Å². The summed E-state index contributed by atoms with van der Waals surface area (Å²) < 4.78 is 1.39. The molecule has 3 saturated heterocycles. The van der Waals surface area contributed by atoms with E-state index in [1.165, 1.54) is 10.8 Å². The SMILES string of the molecule is O=C(O)c1cn([C@H]2CN3CCC2CC3)c(=O)[nH]c1=O. The minimum atomic E-state index is -1.31. The molecule has 2 N–H and O–H groups in total. The van der Waals surface area contributed by atoms with Gasteiger partial charge >= 0.3 is 11.7 Å². The first-order valence-electron chi connectivity index (χ1n) is 6.37. The highest BCUT2D eigenvalue weighted by Crippen LogP contribution is 2.34. The van der Waals surface area contributed by atoms with Gasteiger partial charge in [-0.15, -0.1) is 0 Å². The van der Waals surface area contributed by atoms with Gasteiger partial charge in [-0.05, 0) is 31.8 Å². The summed E-state index contributed by atoms with van der Waals surface area (Å²) in [6.07, 6.45) is 3.22. The molecule has 0 aromatic carbocycles. The fraction of sp³-hybridized carbons (Fsp3) is 0.583. The van der Waals surface area contributed by atoms with Crippen LogP contribution in [-0.4, -0.2) is 45.2 Å². The predicted molar refractivity (Wildman–Crippen MR) is 66.5 cm³/mol. The third kappa shape index (κ3) is 1.99. The number of nitrogens with one attached hydrogen (secondary N) is 1. The molecule has 7 heteroatoms. The van der Waals surface area contributed by atoms with Crippen LogP contribution in [0.15, 0.2) is 15.8 Å². The van der Waals surface area contributed by atoms with Gasteiger partial charge in [0, 0.05) is 12.7 Å². The Morgan fingerprint density at radius 3 is 2.53 bits per heavy atom. The molecule has 102 valence electrons. The van der Waals surface area contributed by atoms with E-state index >= 15 is 0 Å². The van der Waals surface area contributed by atoms with Crippen molar-refractivity contribution in [3.05, 3.63) is 32.6 Å². The second kappa shape index (κ2) is 4.34. The van der Waals surface area contributed by atoms with Crippen molar-refractivity contribution >= 4 is 5.97 Å². The lowest BCUT2D eigenvalue weighted by Gasteiger charge is -2.45. The van der Waals surface area contributed by atoms with Crippen LogP contribution in [0.1, 0.15) is 29.2 Å². The number of hydrogen-bond acceptors (Lipinski definition) is 4. The van der Waals surface area contributed by atoms with E-state index < -0.39 is 17.2 Å². The predicted octanol–water partition coefficient (Wildman–Crippen LogP) is -0.498. The summed E-state index contributed by atoms with van der Waals surface area (Å²) in [5, 5.41) is 8.97. The standard InChI is InChI=1S/C12H15N3O4/c16-10-8(11(17)18)5-15(12(19)13-10)9-6-14-3-1-7(9)2-4-14/h5,7,9H,1-4,6H2,(H,17,18)(H,13,16,19)/t9-/m0/s1. The van der Waals surface area contributed by atoms with E-state index in [-0.39, 0.29) is 11.6 Å². The fourth-order valence-electron chi connectivity index (χ4n) is 3.13. The maximum Gasteiger partial charge on any atom is 0.342 e. The van der Waals surface area contributed by atoms with E-state index in [4.69, 9.17) is 5.11 Å². The number of carbonyl (C=O) groups is 1. The molecule has 1 aromatic heterocycles. The largest absolute Gasteiger partial charge is 0.477 e. The highest BCUT2D eigenvalue weighted by atomic mass is 16.4. The normalized spacial score (nSPS) is 29.4. The van der Waals surface area contributed by atoms with E-state index in [0.29, 0.717) is 5.92 Å². The smallest absolute Gasteiger partial charge is 0.342 e. The monoisotopic (exact) mass is 265 g/mol. The molecule has 1 atom stereocenters. The average Bonchev–Trinajstić information content (AvgIpc) is 2.39. The molecule has 0 radical (unpaired) electrons. The summed E-state index contributed by atoms with van der Waals surface area (Å²) in [6.45, 7) is 2.81. The summed E-state index contributed by atoms with van der Waals surface area (Å²) in [5.74, 6) is -0.925. The molecule has 0 unspecified atom stereocenters. The summed E-state index contributed by atoms with van der Waals surface area (Å²) in [5.41, 5.74) is -1.74. The van der Waals surface area contributed by atoms with Crippen LogP contribution >= 0.6 is 0 Å². The number of aromatic amines is 1. The van der Waals surface area contributed by atoms with Crippen LogP contribution < -0.4 is 11.2 Å². The van der Waals surface area contributed by atoms with Crippen molar-refractivity contribution in [2.75, 3.05) is 19.6 Å². The topological polar surface area (TPSA) is 95.4 Å². The highest BCUT2D eigenvalue weighted by Gasteiger charge is 2.36. The molecule has 0 spiro atoms.